The van der Waals surface area contributed by atoms with Gasteiger partial charge in [0, 0.05) is 23.2 Å². The average molecular weight is 550 g/mol. The molecule has 2 heterocycles. The Morgan fingerprint density at radius 3 is 2.30 bits per heavy atom. The number of methoxy groups -OCH3 is 3. The second-order valence-corrected chi connectivity index (χ2v) is 9.56. The first-order chi connectivity index (χ1) is 19.3. The fraction of sp³-hybridized carbons (Fsp3) is 0.333. The summed E-state index contributed by atoms with van der Waals surface area (Å²) < 4.78 is 27.6. The van der Waals surface area contributed by atoms with E-state index in [2.05, 4.69) is 0 Å². The lowest BCUT2D eigenvalue weighted by Crippen LogP contribution is -2.36. The summed E-state index contributed by atoms with van der Waals surface area (Å²) in [6.07, 6.45) is -0.246. The van der Waals surface area contributed by atoms with E-state index < -0.39 is 29.8 Å². The number of cyclic esters (lactones) is 1. The molecule has 0 amide bonds. The van der Waals surface area contributed by atoms with E-state index in [1.807, 2.05) is 11.9 Å². The molecule has 0 aromatic heterocycles. The quantitative estimate of drug-likeness (QED) is 0.324. The Hall–Kier alpha value is -4.44. The zero-order valence-corrected chi connectivity index (χ0v) is 22.9. The van der Waals surface area contributed by atoms with E-state index >= 15 is 0 Å². The number of likely N-dealkylation sites (N-methyl/N-ethyl adjacent to an activating group) is 1. The third-order valence-electron chi connectivity index (χ3n) is 7.53. The molecule has 1 unspecified atom stereocenters. The van der Waals surface area contributed by atoms with Gasteiger partial charge in [-0.3, -0.25) is 4.90 Å². The van der Waals surface area contributed by atoms with Crippen LogP contribution in [0.1, 0.15) is 56.5 Å². The number of benzene rings is 3. The monoisotopic (exact) mass is 549 g/mol. The molecule has 10 heteroatoms. The van der Waals surface area contributed by atoms with Crippen molar-refractivity contribution in [2.45, 2.75) is 25.5 Å². The van der Waals surface area contributed by atoms with Gasteiger partial charge >= 0.3 is 11.9 Å². The van der Waals surface area contributed by atoms with Gasteiger partial charge in [-0.15, -0.1) is 0 Å². The number of hydrogen-bond donors (Lipinski definition) is 2. The molecule has 0 fully saturated rings. The van der Waals surface area contributed by atoms with Crippen LogP contribution in [0.5, 0.6) is 28.7 Å². The van der Waals surface area contributed by atoms with E-state index in [1.165, 1.54) is 21.3 Å². The van der Waals surface area contributed by atoms with E-state index in [0.29, 0.717) is 46.5 Å². The van der Waals surface area contributed by atoms with Crippen LogP contribution in [0.25, 0.3) is 11.1 Å². The molecule has 2 aliphatic heterocycles. The lowest BCUT2D eigenvalue weighted by atomic mass is 9.81. The summed E-state index contributed by atoms with van der Waals surface area (Å²) in [5.74, 6) is -0.970. The van der Waals surface area contributed by atoms with Crippen LogP contribution in [0.3, 0.4) is 0 Å². The van der Waals surface area contributed by atoms with Crippen LogP contribution >= 0.6 is 0 Å². The van der Waals surface area contributed by atoms with E-state index in [-0.39, 0.29) is 29.4 Å². The molecule has 0 spiro atoms. The molecule has 0 radical (unpaired) electrons. The minimum atomic E-state index is -0.761. The molecule has 0 saturated heterocycles. The number of carbonyl (C=O) groups is 2. The predicted molar refractivity (Wildman–Crippen MR) is 144 cm³/mol. The smallest absolute Gasteiger partial charge is 0.343 e. The number of ether oxygens (including phenoxy) is 5. The maximum atomic E-state index is 13.1. The zero-order valence-electron chi connectivity index (χ0n) is 22.9. The van der Waals surface area contributed by atoms with Crippen molar-refractivity contribution in [2.75, 3.05) is 41.5 Å². The number of carbonyl (C=O) groups excluding carboxylic acids is 2. The second-order valence-electron chi connectivity index (χ2n) is 9.56. The minimum Gasteiger partial charge on any atom is -0.504 e. The predicted octanol–water partition coefficient (Wildman–Crippen LogP) is 4.41. The van der Waals surface area contributed by atoms with Gasteiger partial charge in [0.1, 0.15) is 11.7 Å². The maximum Gasteiger partial charge on any atom is 0.343 e. The molecule has 0 aliphatic carbocycles. The molecular formula is C30H31NO9. The maximum absolute atomic E-state index is 13.1. The third-order valence-corrected chi connectivity index (χ3v) is 7.53. The highest BCUT2D eigenvalue weighted by atomic mass is 16.6. The van der Waals surface area contributed by atoms with Gasteiger partial charge in [0.2, 0.25) is 5.75 Å². The highest BCUT2D eigenvalue weighted by Gasteiger charge is 2.46. The number of hydrogen-bond acceptors (Lipinski definition) is 10. The van der Waals surface area contributed by atoms with Gasteiger partial charge < -0.3 is 33.9 Å². The minimum absolute atomic E-state index is 0.0981. The summed E-state index contributed by atoms with van der Waals surface area (Å²) >= 11 is 0. The van der Waals surface area contributed by atoms with Crippen LogP contribution < -0.4 is 14.2 Å². The number of nitrogens with zero attached hydrogens (tertiary/aromatic N) is 1. The summed E-state index contributed by atoms with van der Waals surface area (Å²) in [6, 6.07) is 9.55. The average Bonchev–Trinajstić information content (AvgIpc) is 3.29. The first-order valence-corrected chi connectivity index (χ1v) is 12.9. The number of aromatic hydroxyl groups is 2. The van der Waals surface area contributed by atoms with Crippen molar-refractivity contribution in [3.05, 3.63) is 64.2 Å². The summed E-state index contributed by atoms with van der Waals surface area (Å²) in [6.45, 7) is 2.55. The molecule has 2 N–H and O–H groups in total. The zero-order chi connectivity index (χ0) is 28.7. The van der Waals surface area contributed by atoms with Crippen molar-refractivity contribution in [2.24, 2.45) is 0 Å². The van der Waals surface area contributed by atoms with Crippen molar-refractivity contribution in [1.29, 1.82) is 0 Å². The molecule has 3 aromatic rings. The van der Waals surface area contributed by atoms with Gasteiger partial charge in [-0.1, -0.05) is 18.2 Å². The van der Waals surface area contributed by atoms with E-state index in [9.17, 15) is 19.8 Å². The van der Waals surface area contributed by atoms with Gasteiger partial charge in [-0.25, -0.2) is 9.59 Å². The lowest BCUT2D eigenvalue weighted by molar-refractivity contribution is 0.00871. The highest BCUT2D eigenvalue weighted by molar-refractivity contribution is 5.98. The Kier molecular flexibility index (Phi) is 7.20. The van der Waals surface area contributed by atoms with Crippen molar-refractivity contribution in [1.82, 2.24) is 4.90 Å². The molecule has 210 valence electrons. The van der Waals surface area contributed by atoms with E-state index in [4.69, 9.17) is 23.7 Å². The molecule has 10 nitrogen and oxygen atoms in total. The highest BCUT2D eigenvalue weighted by Crippen LogP contribution is 2.57. The number of fused-ring (bicyclic) bond motifs is 2. The van der Waals surface area contributed by atoms with Gasteiger partial charge in [0.25, 0.3) is 0 Å². The standard InChI is InChI=1S/C30H31NO9/c1-6-39-29(34)16-9-7-15(8-10-16)20-17-13-14-31(2)23(21(17)28(38-5)25(33)24(20)32)26-18-11-12-19(36-3)27(37-4)22(18)30(35)40-26/h7-12,23,26,32-33H,6,13-14H2,1-5H3/t23-,26?/m1/s1. The van der Waals surface area contributed by atoms with Crippen LogP contribution in [0.2, 0.25) is 0 Å². The summed E-state index contributed by atoms with van der Waals surface area (Å²) in [5, 5.41) is 22.3. The Bertz CT molecular complexity index is 1480. The SMILES string of the molecule is CCOC(=O)c1ccc(-c2c(O)c(O)c(OC)c3c2CCN(C)[C@H]3C2OC(=O)c3c2ccc(OC)c3OC)cc1. The first-order valence-electron chi connectivity index (χ1n) is 12.9. The Labute approximate surface area is 231 Å². The Balaban J connectivity index is 1.69. The second kappa shape index (κ2) is 10.6. The summed E-state index contributed by atoms with van der Waals surface area (Å²) in [4.78, 5) is 27.4. The van der Waals surface area contributed by atoms with Crippen LogP contribution in [0, 0.1) is 0 Å². The topological polar surface area (TPSA) is 124 Å². The molecule has 3 aromatic carbocycles. The molecule has 0 bridgehead atoms. The van der Waals surface area contributed by atoms with Crippen LogP contribution in [0.15, 0.2) is 36.4 Å². The van der Waals surface area contributed by atoms with Crippen molar-refractivity contribution >= 4 is 11.9 Å². The van der Waals surface area contributed by atoms with Gasteiger partial charge in [0.05, 0.1) is 39.5 Å². The van der Waals surface area contributed by atoms with Crippen LogP contribution in [-0.4, -0.2) is 68.6 Å². The van der Waals surface area contributed by atoms with E-state index in [1.54, 1.807) is 43.3 Å². The number of esters is 2. The first kappa shape index (κ1) is 27.1. The third kappa shape index (κ3) is 4.15. The van der Waals surface area contributed by atoms with Crippen molar-refractivity contribution in [3.8, 4) is 39.9 Å². The largest absolute Gasteiger partial charge is 0.504 e. The summed E-state index contributed by atoms with van der Waals surface area (Å²) in [7, 11) is 6.27. The van der Waals surface area contributed by atoms with Gasteiger partial charge in [-0.2, -0.15) is 0 Å². The van der Waals surface area contributed by atoms with E-state index in [0.717, 1.165) is 5.56 Å². The molecule has 40 heavy (non-hydrogen) atoms. The Morgan fingerprint density at radius 1 is 0.975 bits per heavy atom. The molecule has 2 aliphatic rings. The number of phenolic OH excluding ortho intramolecular Hbond substituents is 2. The molecular weight excluding hydrogens is 518 g/mol. The normalized spacial score (nSPS) is 18.0. The van der Waals surface area contributed by atoms with Gasteiger partial charge in [0.15, 0.2) is 23.0 Å². The van der Waals surface area contributed by atoms with Crippen LogP contribution in [-0.2, 0) is 15.9 Å². The lowest BCUT2D eigenvalue weighted by Gasteiger charge is -2.39. The van der Waals surface area contributed by atoms with Crippen molar-refractivity contribution in [3.63, 3.8) is 0 Å². The molecule has 2 atom stereocenters. The number of phenols is 2. The van der Waals surface area contributed by atoms with Crippen molar-refractivity contribution < 1.29 is 43.5 Å². The number of rotatable bonds is 7. The summed E-state index contributed by atoms with van der Waals surface area (Å²) in [5.41, 5.74) is 3.61. The fourth-order valence-corrected chi connectivity index (χ4v) is 5.74. The Morgan fingerprint density at radius 2 is 1.68 bits per heavy atom. The molecule has 5 rings (SSSR count). The van der Waals surface area contributed by atoms with Crippen LogP contribution in [0.4, 0.5) is 0 Å². The fourth-order valence-electron chi connectivity index (χ4n) is 5.74. The van der Waals surface area contributed by atoms with Gasteiger partial charge in [-0.05, 0) is 49.7 Å². The molecule has 0 saturated carbocycles.